The Balaban J connectivity index is 2.94. The first kappa shape index (κ1) is 8.48. The summed E-state index contributed by atoms with van der Waals surface area (Å²) >= 11 is 0. The summed E-state index contributed by atoms with van der Waals surface area (Å²) in [5.41, 5.74) is 0. The summed E-state index contributed by atoms with van der Waals surface area (Å²) in [7, 11) is 0. The summed E-state index contributed by atoms with van der Waals surface area (Å²) in [6.45, 7) is 8.89. The van der Waals surface area contributed by atoms with E-state index >= 15 is 0 Å². The van der Waals surface area contributed by atoms with Gasteiger partial charge in [0.2, 0.25) is 0 Å². The van der Waals surface area contributed by atoms with E-state index in [2.05, 4.69) is 19.1 Å². The molecule has 0 unspecified atom stereocenters. The summed E-state index contributed by atoms with van der Waals surface area (Å²) in [6.07, 6.45) is 10.1. The van der Waals surface area contributed by atoms with Gasteiger partial charge >= 0.3 is 0 Å². The van der Waals surface area contributed by atoms with Crippen LogP contribution >= 0.6 is 0 Å². The average molecular weight is 122 g/mol. The van der Waals surface area contributed by atoms with Gasteiger partial charge in [0, 0.05) is 0 Å². The maximum atomic E-state index is 5.15. The highest BCUT2D eigenvalue weighted by Crippen LogP contribution is 1.95. The highest BCUT2D eigenvalue weighted by Gasteiger charge is 1.75. The van der Waals surface area contributed by atoms with Crippen LogP contribution in [0.1, 0.15) is 25.7 Å². The molecule has 0 aliphatic carbocycles. The molecule has 0 saturated heterocycles. The highest BCUT2D eigenvalue weighted by molar-refractivity contribution is 4.86. The molecule has 0 rings (SSSR count). The average Bonchev–Trinajstić information content (AvgIpc) is 1.89. The smallest absolute Gasteiger partial charge is 0.0166 e. The van der Waals surface area contributed by atoms with Gasteiger partial charge in [-0.05, 0) is 19.3 Å². The van der Waals surface area contributed by atoms with Crippen LogP contribution in [0.5, 0.6) is 0 Å². The molecule has 0 aliphatic rings. The summed E-state index contributed by atoms with van der Waals surface area (Å²) in [5.74, 6) is 0. The summed E-state index contributed by atoms with van der Waals surface area (Å²) in [4.78, 5) is 0. The summed E-state index contributed by atoms with van der Waals surface area (Å²) in [6, 6.07) is 0. The molecule has 2 radical (unpaired) electrons. The predicted octanol–water partition coefficient (Wildman–Crippen LogP) is 2.93. The number of rotatable bonds is 5. The minimum atomic E-state index is 0.886. The van der Waals surface area contributed by atoms with E-state index in [1.165, 1.54) is 6.42 Å². The number of unbranched alkanes of at least 4 members (excludes halogenated alkanes) is 2. The fraction of sp³-hybridized carbons (Fsp3) is 0.444. The minimum Gasteiger partial charge on any atom is -0.0882 e. The van der Waals surface area contributed by atoms with Gasteiger partial charge in [-0.25, -0.2) is 0 Å². The van der Waals surface area contributed by atoms with Crippen LogP contribution < -0.4 is 0 Å². The molecule has 0 aliphatic heterocycles. The molecular weight excluding hydrogens is 108 g/mol. The summed E-state index contributed by atoms with van der Waals surface area (Å²) in [5, 5.41) is 0. The molecule has 0 heteroatoms. The molecule has 0 aromatic rings. The Labute approximate surface area is 58.3 Å². The minimum absolute atomic E-state index is 0.886. The molecule has 50 valence electrons. The van der Waals surface area contributed by atoms with Gasteiger partial charge in [-0.2, -0.15) is 0 Å². The van der Waals surface area contributed by atoms with Gasteiger partial charge in [0.1, 0.15) is 0 Å². The van der Waals surface area contributed by atoms with Gasteiger partial charge in [-0.1, -0.05) is 38.2 Å². The highest BCUT2D eigenvalue weighted by atomic mass is 13.8. The van der Waals surface area contributed by atoms with Crippen molar-refractivity contribution in [2.75, 3.05) is 0 Å². The van der Waals surface area contributed by atoms with E-state index in [1.807, 2.05) is 0 Å². The monoisotopic (exact) mass is 122 g/mol. The van der Waals surface area contributed by atoms with Crippen LogP contribution in [0, 0.1) is 13.5 Å². The van der Waals surface area contributed by atoms with Crippen LogP contribution in [-0.4, -0.2) is 0 Å². The van der Waals surface area contributed by atoms with Crippen molar-refractivity contribution in [2.24, 2.45) is 0 Å². The third-order valence-electron chi connectivity index (χ3n) is 1.06. The van der Waals surface area contributed by atoms with Crippen LogP contribution in [-0.2, 0) is 0 Å². The second-order valence-corrected chi connectivity index (χ2v) is 1.94. The van der Waals surface area contributed by atoms with Crippen molar-refractivity contribution < 1.29 is 0 Å². The normalized spacial score (nSPS) is 10.3. The van der Waals surface area contributed by atoms with Crippen LogP contribution in [0.4, 0.5) is 0 Å². The first-order valence-electron chi connectivity index (χ1n) is 3.39. The number of allylic oxidation sites excluding steroid dienone is 3. The van der Waals surface area contributed by atoms with Gasteiger partial charge in [0.25, 0.3) is 0 Å². The molecule has 0 heterocycles. The molecular formula is C9H14. The van der Waals surface area contributed by atoms with E-state index in [4.69, 9.17) is 6.58 Å². The van der Waals surface area contributed by atoms with Crippen molar-refractivity contribution in [1.29, 1.82) is 0 Å². The van der Waals surface area contributed by atoms with Crippen LogP contribution in [0.15, 0.2) is 18.2 Å². The fourth-order valence-electron chi connectivity index (χ4n) is 0.555. The lowest BCUT2D eigenvalue weighted by Gasteiger charge is -1.85. The Bertz CT molecular complexity index is 80.0. The zero-order valence-corrected chi connectivity index (χ0v) is 5.84. The Kier molecular flexibility index (Phi) is 7.05. The predicted molar refractivity (Wildman–Crippen MR) is 41.8 cm³/mol. The molecule has 0 saturated carbocycles. The Morgan fingerprint density at radius 1 is 1.33 bits per heavy atom. The lowest BCUT2D eigenvalue weighted by molar-refractivity contribution is 0.864. The van der Waals surface area contributed by atoms with Gasteiger partial charge < -0.3 is 0 Å². The van der Waals surface area contributed by atoms with Crippen molar-refractivity contribution >= 4 is 0 Å². The lowest BCUT2D eigenvalue weighted by atomic mass is 10.2. The van der Waals surface area contributed by atoms with Crippen molar-refractivity contribution in [3.05, 3.63) is 31.7 Å². The van der Waals surface area contributed by atoms with E-state index in [-0.39, 0.29) is 0 Å². The molecule has 0 bridgehead atoms. The zero-order chi connectivity index (χ0) is 6.95. The van der Waals surface area contributed by atoms with E-state index in [9.17, 15) is 0 Å². The molecule has 0 fully saturated rings. The first-order chi connectivity index (χ1) is 4.41. The van der Waals surface area contributed by atoms with Crippen molar-refractivity contribution in [3.63, 3.8) is 0 Å². The molecule has 0 aromatic heterocycles. The third-order valence-corrected chi connectivity index (χ3v) is 1.06. The zero-order valence-electron chi connectivity index (χ0n) is 5.84. The second-order valence-electron chi connectivity index (χ2n) is 1.94. The molecule has 9 heavy (non-hydrogen) atoms. The van der Waals surface area contributed by atoms with Crippen LogP contribution in [0.2, 0.25) is 0 Å². The van der Waals surface area contributed by atoms with Gasteiger partial charge in [0.15, 0.2) is 0 Å². The Morgan fingerprint density at radius 2 is 2.11 bits per heavy atom. The lowest BCUT2D eigenvalue weighted by Crippen LogP contribution is -1.66. The maximum absolute atomic E-state index is 5.15. The molecule has 0 N–H and O–H groups in total. The molecule has 0 amide bonds. The van der Waals surface area contributed by atoms with Crippen molar-refractivity contribution in [1.82, 2.24) is 0 Å². The van der Waals surface area contributed by atoms with Gasteiger partial charge in [-0.15, -0.1) is 0 Å². The second kappa shape index (κ2) is 7.48. The Hall–Kier alpha value is -0.520. The molecule has 0 atom stereocenters. The third kappa shape index (κ3) is 7.48. The first-order valence-corrected chi connectivity index (χ1v) is 3.39. The summed E-state index contributed by atoms with van der Waals surface area (Å²) < 4.78 is 0. The molecule has 0 aromatic carbocycles. The SMILES string of the molecule is [CH]=CC/C=C/CCC[CH2]. The topological polar surface area (TPSA) is 0 Å². The quantitative estimate of drug-likeness (QED) is 0.388. The number of hydrogen-bond acceptors (Lipinski definition) is 0. The van der Waals surface area contributed by atoms with Gasteiger partial charge in [0.05, 0.1) is 0 Å². The van der Waals surface area contributed by atoms with E-state index in [0.29, 0.717) is 0 Å². The van der Waals surface area contributed by atoms with Crippen LogP contribution in [0.25, 0.3) is 0 Å². The molecule has 0 nitrogen and oxygen atoms in total. The Morgan fingerprint density at radius 3 is 2.67 bits per heavy atom. The maximum Gasteiger partial charge on any atom is -0.0166 e. The van der Waals surface area contributed by atoms with E-state index in [1.54, 1.807) is 6.08 Å². The largest absolute Gasteiger partial charge is 0.0882 e. The standard InChI is InChI=1S/C9H14/c1-3-5-7-9-8-6-4-2/h1,3,7,9H,2,4-6,8H2/b3-1?,9-7+. The van der Waals surface area contributed by atoms with E-state index in [0.717, 1.165) is 19.3 Å². The van der Waals surface area contributed by atoms with Gasteiger partial charge in [-0.3, -0.25) is 0 Å². The van der Waals surface area contributed by atoms with E-state index < -0.39 is 0 Å². The van der Waals surface area contributed by atoms with Crippen molar-refractivity contribution in [3.8, 4) is 0 Å². The number of hydrogen-bond donors (Lipinski definition) is 0. The fourth-order valence-corrected chi connectivity index (χ4v) is 0.555. The van der Waals surface area contributed by atoms with Crippen LogP contribution in [0.3, 0.4) is 0 Å². The van der Waals surface area contributed by atoms with Crippen molar-refractivity contribution in [2.45, 2.75) is 25.7 Å². The molecule has 0 spiro atoms.